The summed E-state index contributed by atoms with van der Waals surface area (Å²) < 4.78 is 7.42. The lowest BCUT2D eigenvalue weighted by Crippen LogP contribution is -2.49. The molecule has 2 aromatic heterocycles. The number of hydrogen-bond donors (Lipinski definition) is 1. The van der Waals surface area contributed by atoms with Crippen LogP contribution in [0.5, 0.6) is 5.75 Å². The van der Waals surface area contributed by atoms with Crippen LogP contribution >= 0.6 is 0 Å². The molecule has 1 aliphatic carbocycles. The molecule has 1 atom stereocenters. The van der Waals surface area contributed by atoms with E-state index in [1.165, 1.54) is 19.3 Å². The number of benzene rings is 1. The first-order valence-corrected chi connectivity index (χ1v) is 12.1. The highest BCUT2D eigenvalue weighted by molar-refractivity contribution is 5.80. The van der Waals surface area contributed by atoms with E-state index in [0.29, 0.717) is 11.6 Å². The molecule has 3 heterocycles. The second kappa shape index (κ2) is 9.61. The molecule has 1 aromatic carbocycles. The minimum Gasteiger partial charge on any atom is -0.497 e. The molecule has 1 saturated heterocycles. The van der Waals surface area contributed by atoms with Gasteiger partial charge in [0.05, 0.1) is 13.2 Å². The Morgan fingerprint density at radius 1 is 1.12 bits per heavy atom. The number of piperazine rings is 1. The van der Waals surface area contributed by atoms with Crippen LogP contribution in [0.25, 0.3) is 10.9 Å². The van der Waals surface area contributed by atoms with Crippen molar-refractivity contribution in [2.45, 2.75) is 51.1 Å². The van der Waals surface area contributed by atoms with E-state index in [1.54, 1.807) is 7.11 Å². The Kier molecular flexibility index (Phi) is 6.41. The number of pyridine rings is 1. The minimum absolute atomic E-state index is 0.0891. The van der Waals surface area contributed by atoms with E-state index < -0.39 is 0 Å². The van der Waals surface area contributed by atoms with Gasteiger partial charge >= 0.3 is 0 Å². The molecule has 3 aromatic rings. The van der Waals surface area contributed by atoms with E-state index in [9.17, 15) is 4.79 Å². The maximum atomic E-state index is 13.4. The summed E-state index contributed by atoms with van der Waals surface area (Å²) in [4.78, 5) is 21.3. The summed E-state index contributed by atoms with van der Waals surface area (Å²) in [6, 6.07) is 7.71. The molecule has 176 valence electrons. The maximum Gasteiger partial charge on any atom is 0.253 e. The first kappa shape index (κ1) is 22.0. The maximum absolute atomic E-state index is 13.4. The highest BCUT2D eigenvalue weighted by atomic mass is 16.5. The van der Waals surface area contributed by atoms with Crippen LogP contribution in [-0.2, 0) is 0 Å². The van der Waals surface area contributed by atoms with Crippen LogP contribution in [0.3, 0.4) is 0 Å². The number of nitrogens with zero attached hydrogens (tertiary/aromatic N) is 6. The number of tetrazole rings is 1. The Morgan fingerprint density at radius 3 is 2.64 bits per heavy atom. The lowest BCUT2D eigenvalue weighted by atomic mass is 9.95. The van der Waals surface area contributed by atoms with Gasteiger partial charge in [0.1, 0.15) is 11.8 Å². The minimum atomic E-state index is -0.291. The summed E-state index contributed by atoms with van der Waals surface area (Å²) in [6.07, 6.45) is 5.82. The molecule has 5 rings (SSSR count). The molecule has 0 bridgehead atoms. The van der Waals surface area contributed by atoms with Crippen molar-refractivity contribution in [2.75, 3.05) is 39.8 Å². The Labute approximate surface area is 193 Å². The van der Waals surface area contributed by atoms with E-state index in [2.05, 4.69) is 37.2 Å². The summed E-state index contributed by atoms with van der Waals surface area (Å²) in [5.74, 6) is 1.54. The van der Waals surface area contributed by atoms with E-state index in [-0.39, 0.29) is 11.6 Å². The summed E-state index contributed by atoms with van der Waals surface area (Å²) >= 11 is 0. The molecule has 1 aliphatic heterocycles. The predicted molar refractivity (Wildman–Crippen MR) is 127 cm³/mol. The third-order valence-corrected chi connectivity index (χ3v) is 7.28. The van der Waals surface area contributed by atoms with Crippen LogP contribution < -0.4 is 10.3 Å². The number of H-pyrrole nitrogens is 1. The Bertz CT molecular complexity index is 1140. The standard InChI is InChI=1S/C24H33N7O2/c1-3-29-11-13-30(14-12-29)22(23-26-27-28-31(23)18-7-5-4-6-8-18)20-16-17-15-19(33-2)9-10-21(17)25-24(20)32/h9-10,15-16,18,22H,3-8,11-14H2,1-2H3,(H,25,32). The number of hydrogen-bond acceptors (Lipinski definition) is 7. The van der Waals surface area contributed by atoms with Gasteiger partial charge in [-0.3, -0.25) is 9.69 Å². The van der Waals surface area contributed by atoms with Crippen molar-refractivity contribution in [3.05, 3.63) is 46.0 Å². The van der Waals surface area contributed by atoms with Crippen LogP contribution in [0.15, 0.2) is 29.1 Å². The number of likely N-dealkylation sites (N-methyl/N-ethyl adjacent to an activating group) is 1. The van der Waals surface area contributed by atoms with Crippen LogP contribution in [0.2, 0.25) is 0 Å². The van der Waals surface area contributed by atoms with Crippen LogP contribution in [0, 0.1) is 0 Å². The third-order valence-electron chi connectivity index (χ3n) is 7.28. The number of rotatable bonds is 6. The lowest BCUT2D eigenvalue weighted by Gasteiger charge is -2.38. The lowest BCUT2D eigenvalue weighted by molar-refractivity contribution is 0.106. The van der Waals surface area contributed by atoms with Gasteiger partial charge in [-0.05, 0) is 54.1 Å². The van der Waals surface area contributed by atoms with Crippen molar-refractivity contribution in [2.24, 2.45) is 0 Å². The Hall–Kier alpha value is -2.78. The number of fused-ring (bicyclic) bond motifs is 1. The zero-order valence-corrected chi connectivity index (χ0v) is 19.5. The fourth-order valence-corrected chi connectivity index (χ4v) is 5.33. The van der Waals surface area contributed by atoms with Crippen LogP contribution in [0.4, 0.5) is 0 Å². The normalized spacial score (nSPS) is 19.7. The molecular weight excluding hydrogens is 418 g/mol. The molecule has 1 unspecified atom stereocenters. The van der Waals surface area contributed by atoms with Gasteiger partial charge in [0.25, 0.3) is 5.56 Å². The number of nitrogens with one attached hydrogen (secondary N) is 1. The van der Waals surface area contributed by atoms with Crippen LogP contribution in [-0.4, -0.2) is 74.8 Å². The largest absolute Gasteiger partial charge is 0.497 e. The van der Waals surface area contributed by atoms with Gasteiger partial charge < -0.3 is 14.6 Å². The van der Waals surface area contributed by atoms with E-state index in [1.807, 2.05) is 28.9 Å². The number of methoxy groups -OCH3 is 1. The highest BCUT2D eigenvalue weighted by Gasteiger charge is 2.34. The molecule has 9 nitrogen and oxygen atoms in total. The second-order valence-electron chi connectivity index (χ2n) is 9.15. The Morgan fingerprint density at radius 2 is 1.91 bits per heavy atom. The molecule has 33 heavy (non-hydrogen) atoms. The van der Waals surface area contributed by atoms with Gasteiger partial charge in [-0.2, -0.15) is 0 Å². The van der Waals surface area contributed by atoms with Gasteiger partial charge in [0.15, 0.2) is 5.82 Å². The van der Waals surface area contributed by atoms with Crippen molar-refractivity contribution in [1.82, 2.24) is 35.0 Å². The van der Waals surface area contributed by atoms with Crippen molar-refractivity contribution in [3.8, 4) is 5.75 Å². The molecule has 9 heteroatoms. The highest BCUT2D eigenvalue weighted by Crippen LogP contribution is 2.33. The molecule has 2 fully saturated rings. The Balaban J connectivity index is 1.60. The van der Waals surface area contributed by atoms with Crippen molar-refractivity contribution >= 4 is 10.9 Å². The van der Waals surface area contributed by atoms with E-state index in [4.69, 9.17) is 4.74 Å². The van der Waals surface area contributed by atoms with Gasteiger partial charge in [-0.1, -0.05) is 26.2 Å². The summed E-state index contributed by atoms with van der Waals surface area (Å²) in [5.41, 5.74) is 1.40. The molecule has 1 saturated carbocycles. The van der Waals surface area contributed by atoms with Crippen molar-refractivity contribution < 1.29 is 4.74 Å². The van der Waals surface area contributed by atoms with Gasteiger partial charge in [-0.15, -0.1) is 5.10 Å². The summed E-state index contributed by atoms with van der Waals surface area (Å²) in [7, 11) is 1.65. The monoisotopic (exact) mass is 451 g/mol. The first-order valence-electron chi connectivity index (χ1n) is 12.1. The van der Waals surface area contributed by atoms with Gasteiger partial charge in [-0.25, -0.2) is 4.68 Å². The molecule has 1 N–H and O–H groups in total. The molecule has 0 amide bonds. The van der Waals surface area contributed by atoms with Crippen molar-refractivity contribution in [3.63, 3.8) is 0 Å². The molecule has 2 aliphatic rings. The van der Waals surface area contributed by atoms with E-state index >= 15 is 0 Å². The average molecular weight is 452 g/mol. The van der Waals surface area contributed by atoms with Gasteiger partial charge in [0.2, 0.25) is 0 Å². The SMILES string of the molecule is CCN1CCN(C(c2cc3cc(OC)ccc3[nH]c2=O)c2nnnn2C2CCCCC2)CC1. The van der Waals surface area contributed by atoms with E-state index in [0.717, 1.165) is 68.0 Å². The van der Waals surface area contributed by atoms with Crippen molar-refractivity contribution in [1.29, 1.82) is 0 Å². The summed E-state index contributed by atoms with van der Waals surface area (Å²) in [5, 5.41) is 13.9. The zero-order chi connectivity index (χ0) is 22.8. The molecule has 0 radical (unpaired) electrons. The fourth-order valence-electron chi connectivity index (χ4n) is 5.33. The zero-order valence-electron chi connectivity index (χ0n) is 19.5. The summed E-state index contributed by atoms with van der Waals surface area (Å²) in [6.45, 7) is 6.90. The quantitative estimate of drug-likeness (QED) is 0.616. The first-order chi connectivity index (χ1) is 16.2. The average Bonchev–Trinajstić information content (AvgIpc) is 3.34. The number of ether oxygens (including phenoxy) is 1. The third kappa shape index (κ3) is 4.39. The predicted octanol–water partition coefficient (Wildman–Crippen LogP) is 2.76. The molecular formula is C24H33N7O2. The topological polar surface area (TPSA) is 92.2 Å². The van der Waals surface area contributed by atoms with Crippen LogP contribution in [0.1, 0.15) is 62.5 Å². The second-order valence-corrected chi connectivity index (χ2v) is 9.15. The number of aromatic amines is 1. The smallest absolute Gasteiger partial charge is 0.253 e. The number of aromatic nitrogens is 5. The molecule has 0 spiro atoms. The fraction of sp³-hybridized carbons (Fsp3) is 0.583. The van der Waals surface area contributed by atoms with Gasteiger partial charge in [0, 0.05) is 42.6 Å².